The number of carbonyl (C=O) groups excluding carboxylic acids is 1. The molecule has 2 aromatic rings. The average molecular weight is 432 g/mol. The molecule has 0 bridgehead atoms. The van der Waals surface area contributed by atoms with Gasteiger partial charge >= 0.3 is 0 Å². The number of anilines is 2. The van der Waals surface area contributed by atoms with Crippen LogP contribution in [0.4, 0.5) is 11.4 Å². The predicted molar refractivity (Wildman–Crippen MR) is 119 cm³/mol. The van der Waals surface area contributed by atoms with Crippen molar-refractivity contribution >= 4 is 27.3 Å². The molecule has 7 nitrogen and oxygen atoms in total. The summed E-state index contributed by atoms with van der Waals surface area (Å²) in [4.78, 5) is 13.9. The van der Waals surface area contributed by atoms with E-state index in [1.54, 1.807) is 6.07 Å². The molecule has 3 rings (SSSR count). The largest absolute Gasteiger partial charge is 0.492 e. The number of hydrogen-bond acceptors (Lipinski definition) is 5. The van der Waals surface area contributed by atoms with E-state index in [4.69, 9.17) is 4.74 Å². The topological polar surface area (TPSA) is 79.0 Å². The van der Waals surface area contributed by atoms with Crippen molar-refractivity contribution in [1.29, 1.82) is 0 Å². The van der Waals surface area contributed by atoms with E-state index in [1.807, 2.05) is 13.0 Å². The second-order valence-electron chi connectivity index (χ2n) is 7.38. The zero-order chi connectivity index (χ0) is 21.9. The Hall–Kier alpha value is -2.58. The molecule has 162 valence electrons. The van der Waals surface area contributed by atoms with Crippen LogP contribution in [0.25, 0.3) is 0 Å². The lowest BCUT2D eigenvalue weighted by Crippen LogP contribution is -2.48. The molecule has 1 N–H and O–H groups in total. The Morgan fingerprint density at radius 1 is 1.10 bits per heavy atom. The standard InChI is InChI=1S/C22H29N3O4S/c1-5-29-22-10-9-19(15-20(22)23-18(4)26)30(27,28)25-13-11-24(12-14-25)21-8-6-7-16(2)17(21)3/h6-10,15H,5,11-14H2,1-4H3,(H,23,26). The highest BCUT2D eigenvalue weighted by atomic mass is 32.2. The van der Waals surface area contributed by atoms with E-state index in [1.165, 1.54) is 34.5 Å². The van der Waals surface area contributed by atoms with Gasteiger partial charge in [-0.1, -0.05) is 12.1 Å². The van der Waals surface area contributed by atoms with Gasteiger partial charge in [-0.15, -0.1) is 0 Å². The van der Waals surface area contributed by atoms with Gasteiger partial charge in [0, 0.05) is 38.8 Å². The summed E-state index contributed by atoms with van der Waals surface area (Å²) in [7, 11) is -3.68. The second-order valence-corrected chi connectivity index (χ2v) is 9.32. The summed E-state index contributed by atoms with van der Waals surface area (Å²) in [6.45, 7) is 9.85. The number of carbonyl (C=O) groups is 1. The predicted octanol–water partition coefficient (Wildman–Crippen LogP) is 3.17. The van der Waals surface area contributed by atoms with E-state index in [0.29, 0.717) is 44.2 Å². The Kier molecular flexibility index (Phi) is 6.67. The second kappa shape index (κ2) is 9.06. The van der Waals surface area contributed by atoms with E-state index >= 15 is 0 Å². The monoisotopic (exact) mass is 431 g/mol. The van der Waals surface area contributed by atoms with Gasteiger partial charge in [0.1, 0.15) is 5.75 Å². The lowest BCUT2D eigenvalue weighted by atomic mass is 10.1. The number of amides is 1. The molecule has 0 aliphatic carbocycles. The Balaban J connectivity index is 1.79. The van der Waals surface area contributed by atoms with Crippen LogP contribution in [0.5, 0.6) is 5.75 Å². The molecule has 8 heteroatoms. The maximum Gasteiger partial charge on any atom is 0.243 e. The molecule has 0 radical (unpaired) electrons. The van der Waals surface area contributed by atoms with Crippen LogP contribution < -0.4 is 15.0 Å². The molecule has 1 aliphatic heterocycles. The molecule has 0 atom stereocenters. The van der Waals surface area contributed by atoms with E-state index in [0.717, 1.165) is 5.69 Å². The molecule has 2 aromatic carbocycles. The highest BCUT2D eigenvalue weighted by molar-refractivity contribution is 7.89. The number of nitrogens with one attached hydrogen (secondary N) is 1. The smallest absolute Gasteiger partial charge is 0.243 e. The minimum absolute atomic E-state index is 0.148. The number of piperazine rings is 1. The minimum Gasteiger partial charge on any atom is -0.492 e. The third-order valence-corrected chi connectivity index (χ3v) is 7.25. The molecule has 0 spiro atoms. The fourth-order valence-electron chi connectivity index (χ4n) is 3.63. The Bertz CT molecular complexity index is 1030. The zero-order valence-corrected chi connectivity index (χ0v) is 18.8. The number of sulfonamides is 1. The third-order valence-electron chi connectivity index (χ3n) is 5.35. The first kappa shape index (κ1) is 22.1. The number of hydrogen-bond donors (Lipinski definition) is 1. The van der Waals surface area contributed by atoms with E-state index in [-0.39, 0.29) is 10.8 Å². The maximum absolute atomic E-state index is 13.2. The Morgan fingerprint density at radius 2 is 1.80 bits per heavy atom. The minimum atomic E-state index is -3.68. The van der Waals surface area contributed by atoms with Crippen molar-refractivity contribution in [3.8, 4) is 5.75 Å². The Labute approximate surface area is 178 Å². The molecule has 1 aliphatic rings. The van der Waals surface area contributed by atoms with Crippen LogP contribution in [-0.2, 0) is 14.8 Å². The maximum atomic E-state index is 13.2. The van der Waals surface area contributed by atoms with Crippen LogP contribution in [0.15, 0.2) is 41.3 Å². The molecule has 0 aromatic heterocycles. The number of rotatable bonds is 6. The van der Waals surface area contributed by atoms with Crippen LogP contribution in [0, 0.1) is 13.8 Å². The van der Waals surface area contributed by atoms with Gasteiger partial charge in [0.15, 0.2) is 0 Å². The molecule has 1 amide bonds. The SMILES string of the molecule is CCOc1ccc(S(=O)(=O)N2CCN(c3cccc(C)c3C)CC2)cc1NC(C)=O. The summed E-state index contributed by atoms with van der Waals surface area (Å²) in [5.74, 6) is 0.166. The number of ether oxygens (including phenoxy) is 1. The number of benzene rings is 2. The van der Waals surface area contributed by atoms with Gasteiger partial charge in [0.2, 0.25) is 15.9 Å². The lowest BCUT2D eigenvalue weighted by Gasteiger charge is -2.36. The average Bonchev–Trinajstić information content (AvgIpc) is 2.71. The van der Waals surface area contributed by atoms with Crippen molar-refractivity contribution in [2.75, 3.05) is 43.0 Å². The van der Waals surface area contributed by atoms with Gasteiger partial charge in [-0.2, -0.15) is 4.31 Å². The van der Waals surface area contributed by atoms with Crippen molar-refractivity contribution in [1.82, 2.24) is 4.31 Å². The summed E-state index contributed by atoms with van der Waals surface area (Å²) in [5, 5.41) is 2.66. The first-order valence-corrected chi connectivity index (χ1v) is 11.5. The molecule has 30 heavy (non-hydrogen) atoms. The van der Waals surface area contributed by atoms with Gasteiger partial charge in [0.05, 0.1) is 17.2 Å². The van der Waals surface area contributed by atoms with Crippen LogP contribution in [0.3, 0.4) is 0 Å². The summed E-state index contributed by atoms with van der Waals surface area (Å²) >= 11 is 0. The third kappa shape index (κ3) is 4.60. The molecule has 0 saturated carbocycles. The van der Waals surface area contributed by atoms with Crippen LogP contribution in [0.1, 0.15) is 25.0 Å². The fraction of sp³-hybridized carbons (Fsp3) is 0.409. The van der Waals surface area contributed by atoms with Gasteiger partial charge in [-0.3, -0.25) is 4.79 Å². The van der Waals surface area contributed by atoms with Crippen LogP contribution in [0.2, 0.25) is 0 Å². The molecular formula is C22H29N3O4S. The van der Waals surface area contributed by atoms with Crippen molar-refractivity contribution in [2.24, 2.45) is 0 Å². The van der Waals surface area contributed by atoms with Crippen LogP contribution >= 0.6 is 0 Å². The number of nitrogens with zero attached hydrogens (tertiary/aromatic N) is 2. The van der Waals surface area contributed by atoms with Crippen molar-refractivity contribution in [2.45, 2.75) is 32.6 Å². The van der Waals surface area contributed by atoms with Crippen molar-refractivity contribution in [3.63, 3.8) is 0 Å². The Morgan fingerprint density at radius 3 is 2.43 bits per heavy atom. The molecular weight excluding hydrogens is 402 g/mol. The van der Waals surface area contributed by atoms with E-state index in [2.05, 4.69) is 36.2 Å². The highest BCUT2D eigenvalue weighted by Crippen LogP contribution is 2.30. The van der Waals surface area contributed by atoms with E-state index < -0.39 is 10.0 Å². The highest BCUT2D eigenvalue weighted by Gasteiger charge is 2.29. The first-order valence-electron chi connectivity index (χ1n) is 10.1. The molecule has 0 unspecified atom stereocenters. The lowest BCUT2D eigenvalue weighted by molar-refractivity contribution is -0.114. The number of aryl methyl sites for hydroxylation is 1. The van der Waals surface area contributed by atoms with Gasteiger partial charge < -0.3 is 15.0 Å². The normalized spacial score (nSPS) is 15.1. The summed E-state index contributed by atoms with van der Waals surface area (Å²) in [5.41, 5.74) is 3.96. The fourth-order valence-corrected chi connectivity index (χ4v) is 5.08. The molecule has 1 saturated heterocycles. The molecule has 1 heterocycles. The van der Waals surface area contributed by atoms with E-state index in [9.17, 15) is 13.2 Å². The van der Waals surface area contributed by atoms with Crippen molar-refractivity contribution in [3.05, 3.63) is 47.5 Å². The molecule has 1 fully saturated rings. The quantitative estimate of drug-likeness (QED) is 0.760. The van der Waals surface area contributed by atoms with Crippen molar-refractivity contribution < 1.29 is 17.9 Å². The summed E-state index contributed by atoms with van der Waals surface area (Å²) in [6, 6.07) is 10.8. The summed E-state index contributed by atoms with van der Waals surface area (Å²) in [6.07, 6.45) is 0. The zero-order valence-electron chi connectivity index (χ0n) is 17.9. The van der Waals surface area contributed by atoms with Gasteiger partial charge in [0.25, 0.3) is 0 Å². The van der Waals surface area contributed by atoms with Gasteiger partial charge in [-0.25, -0.2) is 8.42 Å². The first-order chi connectivity index (χ1) is 14.2. The van der Waals surface area contributed by atoms with Crippen LogP contribution in [-0.4, -0.2) is 51.4 Å². The summed E-state index contributed by atoms with van der Waals surface area (Å²) < 4.78 is 33.4. The van der Waals surface area contributed by atoms with Gasteiger partial charge in [-0.05, 0) is 56.2 Å².